The predicted molar refractivity (Wildman–Crippen MR) is 71.1 cm³/mol. The van der Waals surface area contributed by atoms with E-state index in [0.29, 0.717) is 19.3 Å². The fourth-order valence-corrected chi connectivity index (χ4v) is 2.38. The van der Waals surface area contributed by atoms with Gasteiger partial charge < -0.3 is 21.1 Å². The highest BCUT2D eigenvalue weighted by molar-refractivity contribution is 5.87. The molecule has 0 saturated heterocycles. The number of carbonyl (C=O) groups is 3. The molecule has 0 heterocycles. The lowest BCUT2D eigenvalue weighted by Gasteiger charge is -2.17. The summed E-state index contributed by atoms with van der Waals surface area (Å²) in [6.45, 7) is 1.63. The maximum absolute atomic E-state index is 11.7. The molecular weight excluding hydrogens is 262 g/mol. The number of nitrogens with one attached hydrogen (secondary N) is 3. The molecule has 0 aromatic rings. The van der Waals surface area contributed by atoms with Crippen molar-refractivity contribution in [2.75, 3.05) is 0 Å². The number of urea groups is 1. The Hall–Kier alpha value is -1.79. The minimum atomic E-state index is -0.813. The van der Waals surface area contributed by atoms with Crippen LogP contribution in [0.25, 0.3) is 0 Å². The van der Waals surface area contributed by atoms with Crippen molar-refractivity contribution in [3.05, 3.63) is 0 Å². The van der Waals surface area contributed by atoms with E-state index in [1.165, 1.54) is 0 Å². The van der Waals surface area contributed by atoms with Gasteiger partial charge in [-0.3, -0.25) is 9.59 Å². The van der Waals surface area contributed by atoms with E-state index in [-0.39, 0.29) is 23.9 Å². The number of carboxylic acid groups (broad SMARTS) is 1. The fraction of sp³-hybridized carbons (Fsp3) is 0.769. The summed E-state index contributed by atoms with van der Waals surface area (Å²) in [4.78, 5) is 34.2. The van der Waals surface area contributed by atoms with Crippen molar-refractivity contribution < 1.29 is 19.5 Å². The van der Waals surface area contributed by atoms with Crippen molar-refractivity contribution in [3.8, 4) is 0 Å². The van der Waals surface area contributed by atoms with Gasteiger partial charge in [0.05, 0.1) is 5.92 Å². The Kier molecular flexibility index (Phi) is 4.46. The van der Waals surface area contributed by atoms with Gasteiger partial charge in [0.25, 0.3) is 0 Å². The monoisotopic (exact) mass is 283 g/mol. The molecule has 7 heteroatoms. The summed E-state index contributed by atoms with van der Waals surface area (Å²) in [5, 5.41) is 17.0. The van der Waals surface area contributed by atoms with Gasteiger partial charge in [0.15, 0.2) is 0 Å². The molecule has 112 valence electrons. The molecule has 2 rings (SSSR count). The minimum Gasteiger partial charge on any atom is -0.481 e. The Bertz CT molecular complexity index is 408. The van der Waals surface area contributed by atoms with Crippen LogP contribution in [0.3, 0.4) is 0 Å². The van der Waals surface area contributed by atoms with E-state index in [1.54, 1.807) is 6.92 Å². The summed E-state index contributed by atoms with van der Waals surface area (Å²) >= 11 is 0. The Morgan fingerprint density at radius 3 is 2.25 bits per heavy atom. The van der Waals surface area contributed by atoms with Gasteiger partial charge in [-0.25, -0.2) is 4.79 Å². The van der Waals surface area contributed by atoms with E-state index in [0.717, 1.165) is 12.8 Å². The van der Waals surface area contributed by atoms with Crippen molar-refractivity contribution in [3.63, 3.8) is 0 Å². The van der Waals surface area contributed by atoms with E-state index in [4.69, 9.17) is 5.11 Å². The number of carbonyl (C=O) groups excluding carboxylic acids is 2. The second-order valence-electron chi connectivity index (χ2n) is 5.67. The SMILES string of the molecule is CC(NC(=O)NC1CCC(C(=O)O)C1)C(=O)NC1CC1. The van der Waals surface area contributed by atoms with Crippen molar-refractivity contribution in [2.24, 2.45) is 5.92 Å². The van der Waals surface area contributed by atoms with E-state index < -0.39 is 18.0 Å². The minimum absolute atomic E-state index is 0.130. The predicted octanol–water partition coefficient (Wildman–Crippen LogP) is 0.206. The Balaban J connectivity index is 1.69. The third kappa shape index (κ3) is 4.11. The normalized spacial score (nSPS) is 26.6. The first kappa shape index (κ1) is 14.6. The molecule has 3 amide bonds. The van der Waals surface area contributed by atoms with Crippen LogP contribution in [0.5, 0.6) is 0 Å². The summed E-state index contributed by atoms with van der Waals surface area (Å²) in [7, 11) is 0. The Morgan fingerprint density at radius 2 is 1.70 bits per heavy atom. The highest BCUT2D eigenvalue weighted by Crippen LogP contribution is 2.25. The third-order valence-electron chi connectivity index (χ3n) is 3.78. The molecule has 7 nitrogen and oxygen atoms in total. The van der Waals surface area contributed by atoms with Crippen molar-refractivity contribution in [1.82, 2.24) is 16.0 Å². The first-order chi connectivity index (χ1) is 9.45. The lowest BCUT2D eigenvalue weighted by atomic mass is 10.1. The molecule has 2 fully saturated rings. The van der Waals surface area contributed by atoms with Gasteiger partial charge >= 0.3 is 12.0 Å². The molecule has 0 radical (unpaired) electrons. The second kappa shape index (κ2) is 6.11. The fourth-order valence-electron chi connectivity index (χ4n) is 2.38. The quantitative estimate of drug-likeness (QED) is 0.578. The molecule has 2 saturated carbocycles. The van der Waals surface area contributed by atoms with Gasteiger partial charge in [-0.1, -0.05) is 0 Å². The van der Waals surface area contributed by atoms with Crippen LogP contribution < -0.4 is 16.0 Å². The van der Waals surface area contributed by atoms with Gasteiger partial charge in [-0.2, -0.15) is 0 Å². The van der Waals surface area contributed by atoms with E-state index >= 15 is 0 Å². The van der Waals surface area contributed by atoms with Crippen LogP contribution in [0.15, 0.2) is 0 Å². The topological polar surface area (TPSA) is 108 Å². The van der Waals surface area contributed by atoms with Crippen molar-refractivity contribution in [2.45, 2.75) is 57.2 Å². The van der Waals surface area contributed by atoms with Gasteiger partial charge in [0, 0.05) is 12.1 Å². The zero-order valence-electron chi connectivity index (χ0n) is 11.5. The zero-order chi connectivity index (χ0) is 14.7. The Morgan fingerprint density at radius 1 is 1.05 bits per heavy atom. The highest BCUT2D eigenvalue weighted by Gasteiger charge is 2.31. The molecule has 2 aliphatic rings. The lowest BCUT2D eigenvalue weighted by molar-refractivity contribution is -0.141. The van der Waals surface area contributed by atoms with E-state index in [2.05, 4.69) is 16.0 Å². The van der Waals surface area contributed by atoms with Crippen LogP contribution in [-0.2, 0) is 9.59 Å². The molecule has 3 atom stereocenters. The number of aliphatic carboxylic acids is 1. The first-order valence-electron chi connectivity index (χ1n) is 7.06. The molecule has 0 bridgehead atoms. The smallest absolute Gasteiger partial charge is 0.315 e. The first-order valence-corrected chi connectivity index (χ1v) is 7.06. The van der Waals surface area contributed by atoms with Crippen molar-refractivity contribution in [1.29, 1.82) is 0 Å². The zero-order valence-corrected chi connectivity index (χ0v) is 11.5. The number of hydrogen-bond donors (Lipinski definition) is 4. The molecule has 20 heavy (non-hydrogen) atoms. The maximum atomic E-state index is 11.7. The largest absolute Gasteiger partial charge is 0.481 e. The van der Waals surface area contributed by atoms with Crippen LogP contribution >= 0.6 is 0 Å². The molecule has 0 aliphatic heterocycles. The van der Waals surface area contributed by atoms with Gasteiger partial charge in [-0.05, 0) is 39.0 Å². The molecule has 0 aromatic heterocycles. The molecule has 2 aliphatic carbocycles. The summed E-state index contributed by atoms with van der Waals surface area (Å²) in [6, 6.07) is -0.873. The summed E-state index contributed by atoms with van der Waals surface area (Å²) in [5.41, 5.74) is 0. The average Bonchev–Trinajstić information content (AvgIpc) is 3.05. The highest BCUT2D eigenvalue weighted by atomic mass is 16.4. The van der Waals surface area contributed by atoms with Gasteiger partial charge in [0.1, 0.15) is 6.04 Å². The third-order valence-corrected chi connectivity index (χ3v) is 3.78. The maximum Gasteiger partial charge on any atom is 0.315 e. The van der Waals surface area contributed by atoms with Crippen LogP contribution in [0, 0.1) is 5.92 Å². The second-order valence-corrected chi connectivity index (χ2v) is 5.67. The number of rotatable bonds is 5. The number of carboxylic acids is 1. The van der Waals surface area contributed by atoms with Gasteiger partial charge in [0.2, 0.25) is 5.91 Å². The molecule has 3 unspecified atom stereocenters. The van der Waals surface area contributed by atoms with Crippen LogP contribution in [0.2, 0.25) is 0 Å². The number of amides is 3. The standard InChI is InChI=1S/C13H21N3O4/c1-7(11(17)15-9-4-5-9)14-13(20)16-10-3-2-8(6-10)12(18)19/h7-10H,2-6H2,1H3,(H,15,17)(H,18,19)(H2,14,16,20). The molecule has 0 aromatic carbocycles. The van der Waals surface area contributed by atoms with E-state index in [1.807, 2.05) is 0 Å². The van der Waals surface area contributed by atoms with Crippen LogP contribution in [-0.4, -0.2) is 41.1 Å². The average molecular weight is 283 g/mol. The summed E-state index contributed by atoms with van der Waals surface area (Å²) in [6.07, 6.45) is 3.70. The number of hydrogen-bond acceptors (Lipinski definition) is 3. The molecule has 4 N–H and O–H groups in total. The van der Waals surface area contributed by atoms with Crippen LogP contribution in [0.1, 0.15) is 39.0 Å². The summed E-state index contributed by atoms with van der Waals surface area (Å²) in [5.74, 6) is -1.37. The molecule has 0 spiro atoms. The van der Waals surface area contributed by atoms with Crippen LogP contribution in [0.4, 0.5) is 4.79 Å². The van der Waals surface area contributed by atoms with E-state index in [9.17, 15) is 14.4 Å². The van der Waals surface area contributed by atoms with Crippen molar-refractivity contribution >= 4 is 17.9 Å². The lowest BCUT2D eigenvalue weighted by Crippen LogP contribution is -2.50. The molecular formula is C13H21N3O4. The van der Waals surface area contributed by atoms with Gasteiger partial charge in [-0.15, -0.1) is 0 Å². The Labute approximate surface area is 117 Å². The summed E-state index contributed by atoms with van der Waals surface area (Å²) < 4.78 is 0.